The summed E-state index contributed by atoms with van der Waals surface area (Å²) in [4.78, 5) is 29.6. The Bertz CT molecular complexity index is 1030. The van der Waals surface area contributed by atoms with E-state index in [9.17, 15) is 4.79 Å². The highest BCUT2D eigenvalue weighted by Gasteiger charge is 2.29. The summed E-state index contributed by atoms with van der Waals surface area (Å²) >= 11 is 0. The Morgan fingerprint density at radius 1 is 0.974 bits per heavy atom. The zero-order valence-corrected chi connectivity index (χ0v) is 23.0. The van der Waals surface area contributed by atoms with Gasteiger partial charge < -0.3 is 19.9 Å². The zero-order chi connectivity index (χ0) is 26.2. The van der Waals surface area contributed by atoms with Gasteiger partial charge in [0.15, 0.2) is 0 Å². The first kappa shape index (κ1) is 26.7. The largest absolute Gasteiger partial charge is 0.497 e. The molecule has 0 radical (unpaired) electrons. The van der Waals surface area contributed by atoms with E-state index < -0.39 is 0 Å². The number of carbonyl (C=O) groups excluding carboxylic acids is 1. The van der Waals surface area contributed by atoms with E-state index >= 15 is 0 Å². The van der Waals surface area contributed by atoms with Gasteiger partial charge in [0.1, 0.15) is 11.6 Å². The minimum Gasteiger partial charge on any atom is -0.497 e. The van der Waals surface area contributed by atoms with Crippen LogP contribution in [-0.2, 0) is 11.2 Å². The fourth-order valence-corrected chi connectivity index (χ4v) is 6.25. The number of carbonyl (C=O) groups is 1. The number of hydrogen-bond donors (Lipinski definition) is 1. The molecule has 8 heteroatoms. The van der Waals surface area contributed by atoms with Crippen LogP contribution in [0.15, 0.2) is 36.5 Å². The number of likely N-dealkylation sites (tertiary alicyclic amines) is 2. The standard InChI is InChI=1S/C30H44N6O2/c1-38-27-11-8-9-24(21-27)22-29(37)35-19-13-26(14-20-35)36-18-7-4-10-25(23-36)32-30-31-15-12-28(33-30)34-16-5-2-3-6-17-34/h8-9,11-12,15,21,25-26H,2-7,10,13-14,16-20,22-23H2,1H3,(H,31,32,33). The highest BCUT2D eigenvalue weighted by atomic mass is 16.5. The van der Waals surface area contributed by atoms with Gasteiger partial charge in [-0.1, -0.05) is 31.4 Å². The molecule has 1 N–H and O–H groups in total. The highest BCUT2D eigenvalue weighted by Crippen LogP contribution is 2.24. The second kappa shape index (κ2) is 13.3. The van der Waals surface area contributed by atoms with Crippen molar-refractivity contribution >= 4 is 17.7 Å². The third kappa shape index (κ3) is 7.16. The average molecular weight is 521 g/mol. The first-order chi connectivity index (χ1) is 18.7. The molecule has 3 aliphatic rings. The lowest BCUT2D eigenvalue weighted by Crippen LogP contribution is -2.49. The third-order valence-corrected chi connectivity index (χ3v) is 8.43. The molecule has 3 aliphatic heterocycles. The van der Waals surface area contributed by atoms with E-state index in [-0.39, 0.29) is 5.91 Å². The van der Waals surface area contributed by atoms with Crippen LogP contribution in [0.1, 0.15) is 63.4 Å². The maximum absolute atomic E-state index is 13.0. The molecular formula is C30H44N6O2. The Kier molecular flexibility index (Phi) is 9.33. The van der Waals surface area contributed by atoms with Gasteiger partial charge in [0.25, 0.3) is 0 Å². The number of anilines is 2. The molecule has 206 valence electrons. The van der Waals surface area contributed by atoms with Crippen LogP contribution < -0.4 is 15.0 Å². The van der Waals surface area contributed by atoms with Gasteiger partial charge in [-0.15, -0.1) is 0 Å². The van der Waals surface area contributed by atoms with Gasteiger partial charge in [-0.25, -0.2) is 4.98 Å². The molecule has 0 saturated carbocycles. The van der Waals surface area contributed by atoms with Gasteiger partial charge in [0.05, 0.1) is 13.5 Å². The van der Waals surface area contributed by atoms with Crippen LogP contribution in [0.5, 0.6) is 5.75 Å². The molecule has 2 aromatic rings. The molecule has 0 aliphatic carbocycles. The summed E-state index contributed by atoms with van der Waals surface area (Å²) < 4.78 is 5.31. The van der Waals surface area contributed by atoms with Crippen LogP contribution in [0.2, 0.25) is 0 Å². The number of ether oxygens (including phenoxy) is 1. The second-order valence-electron chi connectivity index (χ2n) is 11.1. The number of benzene rings is 1. The lowest BCUT2D eigenvalue weighted by atomic mass is 10.0. The molecule has 38 heavy (non-hydrogen) atoms. The summed E-state index contributed by atoms with van der Waals surface area (Å²) in [6.07, 6.45) is 13.1. The van der Waals surface area contributed by atoms with Gasteiger partial charge in [-0.3, -0.25) is 9.69 Å². The first-order valence-corrected chi connectivity index (χ1v) is 14.7. The molecule has 3 fully saturated rings. The lowest BCUT2D eigenvalue weighted by Gasteiger charge is -2.39. The number of methoxy groups -OCH3 is 1. The van der Waals surface area contributed by atoms with E-state index in [1.807, 2.05) is 35.4 Å². The van der Waals surface area contributed by atoms with Crippen molar-refractivity contribution in [2.75, 3.05) is 56.6 Å². The average Bonchev–Trinajstić information content (AvgIpc) is 3.37. The number of piperidine rings is 1. The molecule has 4 heterocycles. The van der Waals surface area contributed by atoms with Gasteiger partial charge in [-0.05, 0) is 68.8 Å². The van der Waals surface area contributed by atoms with Crippen molar-refractivity contribution in [2.24, 2.45) is 0 Å². The van der Waals surface area contributed by atoms with Crippen molar-refractivity contribution in [3.63, 3.8) is 0 Å². The van der Waals surface area contributed by atoms with E-state index in [4.69, 9.17) is 9.72 Å². The molecule has 8 nitrogen and oxygen atoms in total. The minimum atomic E-state index is 0.216. The van der Waals surface area contributed by atoms with E-state index in [2.05, 4.69) is 26.2 Å². The van der Waals surface area contributed by atoms with Crippen molar-refractivity contribution in [2.45, 2.75) is 76.3 Å². The van der Waals surface area contributed by atoms with Crippen LogP contribution in [0, 0.1) is 0 Å². The summed E-state index contributed by atoms with van der Waals surface area (Å²) in [6.45, 7) is 6.00. The molecule has 1 unspecified atom stereocenters. The zero-order valence-electron chi connectivity index (χ0n) is 23.0. The Labute approximate surface area is 227 Å². The molecule has 1 amide bonds. The Hall–Kier alpha value is -2.87. The van der Waals surface area contributed by atoms with E-state index in [0.717, 1.165) is 81.6 Å². The minimum absolute atomic E-state index is 0.216. The van der Waals surface area contributed by atoms with Crippen LogP contribution in [-0.4, -0.2) is 84.1 Å². The molecular weight excluding hydrogens is 476 g/mol. The van der Waals surface area contributed by atoms with Crippen molar-refractivity contribution in [3.8, 4) is 5.75 Å². The van der Waals surface area contributed by atoms with E-state index in [0.29, 0.717) is 18.5 Å². The topological polar surface area (TPSA) is 73.8 Å². The fourth-order valence-electron chi connectivity index (χ4n) is 6.25. The Morgan fingerprint density at radius 3 is 2.55 bits per heavy atom. The maximum Gasteiger partial charge on any atom is 0.226 e. The molecule has 0 spiro atoms. The van der Waals surface area contributed by atoms with Crippen LogP contribution in [0.3, 0.4) is 0 Å². The van der Waals surface area contributed by atoms with Crippen molar-refractivity contribution in [1.82, 2.24) is 19.8 Å². The normalized spacial score (nSPS) is 22.0. The van der Waals surface area contributed by atoms with Crippen molar-refractivity contribution < 1.29 is 9.53 Å². The third-order valence-electron chi connectivity index (χ3n) is 8.43. The summed E-state index contributed by atoms with van der Waals surface area (Å²) in [5.41, 5.74) is 1.01. The second-order valence-corrected chi connectivity index (χ2v) is 11.1. The summed E-state index contributed by atoms with van der Waals surface area (Å²) in [5, 5.41) is 3.68. The number of aromatic nitrogens is 2. The van der Waals surface area contributed by atoms with Gasteiger partial charge >= 0.3 is 0 Å². The predicted molar refractivity (Wildman–Crippen MR) is 152 cm³/mol. The fraction of sp³-hybridized carbons (Fsp3) is 0.633. The summed E-state index contributed by atoms with van der Waals surface area (Å²) in [5.74, 6) is 2.84. The highest BCUT2D eigenvalue weighted by molar-refractivity contribution is 5.79. The molecule has 0 bridgehead atoms. The smallest absolute Gasteiger partial charge is 0.226 e. The van der Waals surface area contributed by atoms with Gasteiger partial charge in [0, 0.05) is 51.0 Å². The predicted octanol–water partition coefficient (Wildman–Crippen LogP) is 4.37. The number of rotatable bonds is 7. The lowest BCUT2D eigenvalue weighted by molar-refractivity contribution is -0.132. The van der Waals surface area contributed by atoms with Crippen LogP contribution >= 0.6 is 0 Å². The number of nitrogens with zero attached hydrogens (tertiary/aromatic N) is 5. The van der Waals surface area contributed by atoms with Crippen molar-refractivity contribution in [1.29, 1.82) is 0 Å². The Morgan fingerprint density at radius 2 is 1.76 bits per heavy atom. The molecule has 1 aromatic heterocycles. The van der Waals surface area contributed by atoms with Crippen LogP contribution in [0.25, 0.3) is 0 Å². The number of amides is 1. The van der Waals surface area contributed by atoms with E-state index in [1.165, 1.54) is 38.5 Å². The maximum atomic E-state index is 13.0. The number of nitrogens with one attached hydrogen (secondary N) is 1. The molecule has 1 aromatic carbocycles. The summed E-state index contributed by atoms with van der Waals surface area (Å²) in [7, 11) is 1.66. The summed E-state index contributed by atoms with van der Waals surface area (Å²) in [6, 6.07) is 10.8. The molecule has 5 rings (SSSR count). The number of hydrogen-bond acceptors (Lipinski definition) is 7. The van der Waals surface area contributed by atoms with E-state index in [1.54, 1.807) is 7.11 Å². The molecule has 3 saturated heterocycles. The van der Waals surface area contributed by atoms with Crippen LogP contribution in [0.4, 0.5) is 11.8 Å². The van der Waals surface area contributed by atoms with Gasteiger partial charge in [-0.2, -0.15) is 4.98 Å². The first-order valence-electron chi connectivity index (χ1n) is 14.7. The SMILES string of the molecule is COc1cccc(CC(=O)N2CCC(N3CCCCC(Nc4nccc(N5CCCCCC5)n4)C3)CC2)c1. The monoisotopic (exact) mass is 520 g/mol. The molecule has 1 atom stereocenters. The van der Waals surface area contributed by atoms with Crippen molar-refractivity contribution in [3.05, 3.63) is 42.1 Å². The Balaban J connectivity index is 1.13. The van der Waals surface area contributed by atoms with Gasteiger partial charge in [0.2, 0.25) is 11.9 Å². The quantitative estimate of drug-likeness (QED) is 0.581.